The van der Waals surface area contributed by atoms with E-state index in [1.807, 2.05) is 19.1 Å². The summed E-state index contributed by atoms with van der Waals surface area (Å²) in [5, 5.41) is 12.0. The number of carbonyl (C=O) groups excluding carboxylic acids is 2. The van der Waals surface area contributed by atoms with Gasteiger partial charge in [0.05, 0.1) is 0 Å². The van der Waals surface area contributed by atoms with Crippen LogP contribution < -0.4 is 21.3 Å². The highest BCUT2D eigenvalue weighted by Crippen LogP contribution is 2.26. The van der Waals surface area contributed by atoms with E-state index in [0.29, 0.717) is 24.9 Å². The Balaban J connectivity index is 2.75. The number of aryl methyl sites for hydroxylation is 2. The first-order valence-corrected chi connectivity index (χ1v) is 13.1. The molecule has 0 bridgehead atoms. The molecule has 0 radical (unpaired) electrons. The maximum atomic E-state index is 12.6. The normalized spacial score (nSPS) is 12.7. The minimum atomic E-state index is -0.200. The molecule has 4 N–H and O–H groups in total. The van der Waals surface area contributed by atoms with Crippen LogP contribution in [-0.4, -0.2) is 25.2 Å². The van der Waals surface area contributed by atoms with Gasteiger partial charge in [0.1, 0.15) is 0 Å². The smallest absolute Gasteiger partial charge is 0.319 e. The largest absolute Gasteiger partial charge is 0.338 e. The summed E-state index contributed by atoms with van der Waals surface area (Å²) >= 11 is 0. The minimum absolute atomic E-state index is 0.194. The van der Waals surface area contributed by atoms with Crippen LogP contribution in [0.1, 0.15) is 97.1 Å². The lowest BCUT2D eigenvalue weighted by atomic mass is 9.99. The van der Waals surface area contributed by atoms with Gasteiger partial charge in [0, 0.05) is 24.5 Å². The highest BCUT2D eigenvalue weighted by Gasteiger charge is 2.14. The molecule has 1 rings (SSSR count). The van der Waals surface area contributed by atoms with Gasteiger partial charge in [-0.2, -0.15) is 0 Å². The second-order valence-electron chi connectivity index (χ2n) is 9.18. The Bertz CT molecular complexity index is 720. The number of anilines is 2. The number of hydrogen-bond acceptors (Lipinski definition) is 2. The zero-order valence-electron chi connectivity index (χ0n) is 21.9. The molecule has 0 aromatic heterocycles. The van der Waals surface area contributed by atoms with Crippen LogP contribution in [0, 0.1) is 18.8 Å². The van der Waals surface area contributed by atoms with Gasteiger partial charge in [-0.15, -0.1) is 0 Å². The summed E-state index contributed by atoms with van der Waals surface area (Å²) in [4.78, 5) is 25.1. The van der Waals surface area contributed by atoms with E-state index >= 15 is 0 Å². The van der Waals surface area contributed by atoms with E-state index in [-0.39, 0.29) is 12.1 Å². The molecule has 0 aliphatic carbocycles. The molecule has 0 aliphatic heterocycles. The summed E-state index contributed by atoms with van der Waals surface area (Å²) in [5.74, 6) is 1.01. The van der Waals surface area contributed by atoms with Gasteiger partial charge >= 0.3 is 12.1 Å². The first-order valence-electron chi connectivity index (χ1n) is 13.1. The third kappa shape index (κ3) is 11.0. The summed E-state index contributed by atoms with van der Waals surface area (Å²) < 4.78 is 0. The second-order valence-corrected chi connectivity index (χ2v) is 9.18. The predicted octanol–water partition coefficient (Wildman–Crippen LogP) is 7.23. The van der Waals surface area contributed by atoms with Gasteiger partial charge < -0.3 is 21.3 Å². The summed E-state index contributed by atoms with van der Waals surface area (Å²) in [6.07, 6.45) is 9.92. The number of unbranched alkanes of at least 4 members (excludes halogenated alkanes) is 2. The van der Waals surface area contributed by atoms with Crippen molar-refractivity contribution in [3.05, 3.63) is 23.3 Å². The number of carbonyl (C=O) groups is 2. The SMILES string of the molecule is CCCCC(CC)CNC(=O)Nc1cc(NC(=O)NCC(CC)CCCC)c(CC)cc1C. The van der Waals surface area contributed by atoms with Crippen molar-refractivity contribution in [3.8, 4) is 0 Å². The van der Waals surface area contributed by atoms with Gasteiger partial charge in [-0.1, -0.05) is 79.2 Å². The molecule has 0 saturated carbocycles. The fraction of sp³-hybridized carbons (Fsp3) is 0.704. The van der Waals surface area contributed by atoms with Crippen molar-refractivity contribution in [2.24, 2.45) is 11.8 Å². The molecular weight excluding hydrogens is 412 g/mol. The highest BCUT2D eigenvalue weighted by atomic mass is 16.2. The van der Waals surface area contributed by atoms with Gasteiger partial charge in [0.25, 0.3) is 0 Å². The molecule has 188 valence electrons. The molecule has 1 aromatic rings. The number of amides is 4. The Morgan fingerprint density at radius 2 is 1.24 bits per heavy atom. The van der Waals surface area contributed by atoms with E-state index in [0.717, 1.165) is 54.6 Å². The molecule has 2 atom stereocenters. The van der Waals surface area contributed by atoms with Crippen LogP contribution in [0.25, 0.3) is 0 Å². The van der Waals surface area contributed by atoms with Crippen molar-refractivity contribution < 1.29 is 9.59 Å². The second kappa shape index (κ2) is 16.4. The first kappa shape index (κ1) is 28.8. The summed E-state index contributed by atoms with van der Waals surface area (Å²) in [6.45, 7) is 14.1. The summed E-state index contributed by atoms with van der Waals surface area (Å²) in [6, 6.07) is 3.52. The van der Waals surface area contributed by atoms with E-state index in [4.69, 9.17) is 0 Å². The molecule has 0 heterocycles. The van der Waals surface area contributed by atoms with Crippen LogP contribution in [0.2, 0.25) is 0 Å². The zero-order chi connectivity index (χ0) is 24.6. The average molecular weight is 461 g/mol. The fourth-order valence-electron chi connectivity index (χ4n) is 4.00. The van der Waals surface area contributed by atoms with E-state index in [9.17, 15) is 9.59 Å². The van der Waals surface area contributed by atoms with Crippen LogP contribution in [0.3, 0.4) is 0 Å². The topological polar surface area (TPSA) is 82.3 Å². The third-order valence-electron chi connectivity index (χ3n) is 6.52. The maximum Gasteiger partial charge on any atom is 0.319 e. The van der Waals surface area contributed by atoms with Crippen LogP contribution in [0.5, 0.6) is 0 Å². The van der Waals surface area contributed by atoms with Crippen molar-refractivity contribution in [2.45, 2.75) is 99.3 Å². The molecule has 0 aliphatic rings. The number of hydrogen-bond donors (Lipinski definition) is 4. The van der Waals surface area contributed by atoms with E-state index in [1.165, 1.54) is 25.7 Å². The van der Waals surface area contributed by atoms with Crippen molar-refractivity contribution >= 4 is 23.4 Å². The number of urea groups is 2. The Morgan fingerprint density at radius 3 is 1.67 bits per heavy atom. The van der Waals surface area contributed by atoms with Crippen molar-refractivity contribution in [2.75, 3.05) is 23.7 Å². The van der Waals surface area contributed by atoms with Gasteiger partial charge in [-0.3, -0.25) is 0 Å². The molecule has 2 unspecified atom stereocenters. The molecule has 33 heavy (non-hydrogen) atoms. The number of rotatable bonds is 15. The predicted molar refractivity (Wildman–Crippen MR) is 141 cm³/mol. The third-order valence-corrected chi connectivity index (χ3v) is 6.52. The molecule has 0 saturated heterocycles. The standard InChI is InChI=1S/C27H48N4O2/c1-7-12-14-21(9-3)18-28-26(32)30-24-17-25(23(11-5)16-20(24)6)31-27(33)29-19-22(10-4)15-13-8-2/h16-17,21-22H,7-15,18-19H2,1-6H3,(H2,28,30,32)(H2,29,31,33). The van der Waals surface area contributed by atoms with Crippen LogP contribution in [-0.2, 0) is 6.42 Å². The number of benzene rings is 1. The lowest BCUT2D eigenvalue weighted by Gasteiger charge is -2.19. The number of nitrogens with one attached hydrogen (secondary N) is 4. The lowest BCUT2D eigenvalue weighted by Crippen LogP contribution is -2.34. The average Bonchev–Trinajstić information content (AvgIpc) is 2.81. The first-order chi connectivity index (χ1) is 15.9. The van der Waals surface area contributed by atoms with E-state index in [1.54, 1.807) is 0 Å². The quantitative estimate of drug-likeness (QED) is 0.223. The van der Waals surface area contributed by atoms with Crippen molar-refractivity contribution in [3.63, 3.8) is 0 Å². The Labute approximate surface area is 202 Å². The molecule has 0 fully saturated rings. The van der Waals surface area contributed by atoms with Crippen LogP contribution in [0.4, 0.5) is 21.0 Å². The zero-order valence-corrected chi connectivity index (χ0v) is 21.9. The lowest BCUT2D eigenvalue weighted by molar-refractivity contribution is 0.248. The molecule has 0 spiro atoms. The fourth-order valence-corrected chi connectivity index (χ4v) is 4.00. The molecular formula is C27H48N4O2. The Hall–Kier alpha value is -2.24. The van der Waals surface area contributed by atoms with Gasteiger partial charge in [0.2, 0.25) is 0 Å². The van der Waals surface area contributed by atoms with Crippen LogP contribution >= 0.6 is 0 Å². The van der Waals surface area contributed by atoms with Gasteiger partial charge in [-0.25, -0.2) is 9.59 Å². The van der Waals surface area contributed by atoms with Crippen molar-refractivity contribution in [1.82, 2.24) is 10.6 Å². The molecule has 4 amide bonds. The summed E-state index contributed by atoms with van der Waals surface area (Å²) in [7, 11) is 0. The molecule has 6 nitrogen and oxygen atoms in total. The molecule has 6 heteroatoms. The van der Waals surface area contributed by atoms with Gasteiger partial charge in [-0.05, 0) is 55.2 Å². The monoisotopic (exact) mass is 460 g/mol. The minimum Gasteiger partial charge on any atom is -0.338 e. The maximum absolute atomic E-state index is 12.6. The van der Waals surface area contributed by atoms with Gasteiger partial charge in [0.15, 0.2) is 0 Å². The molecule has 1 aromatic carbocycles. The van der Waals surface area contributed by atoms with Crippen LogP contribution in [0.15, 0.2) is 12.1 Å². The Kier molecular flexibility index (Phi) is 14.3. The summed E-state index contributed by atoms with van der Waals surface area (Å²) in [5.41, 5.74) is 3.50. The highest BCUT2D eigenvalue weighted by molar-refractivity contribution is 5.94. The van der Waals surface area contributed by atoms with E-state index < -0.39 is 0 Å². The Morgan fingerprint density at radius 1 is 0.758 bits per heavy atom. The van der Waals surface area contributed by atoms with E-state index in [2.05, 4.69) is 55.9 Å². The van der Waals surface area contributed by atoms with Crippen molar-refractivity contribution in [1.29, 1.82) is 0 Å².